The lowest BCUT2D eigenvalue weighted by Gasteiger charge is -2.33. The highest BCUT2D eigenvalue weighted by molar-refractivity contribution is 8.13. The number of phosphoric ester groups is 1. The number of halogens is 1. The van der Waals surface area contributed by atoms with Crippen molar-refractivity contribution in [3.8, 4) is 0 Å². The number of ether oxygens (including phenoxy) is 1. The van der Waals surface area contributed by atoms with Crippen LogP contribution in [0.15, 0.2) is 6.33 Å². The summed E-state index contributed by atoms with van der Waals surface area (Å²) in [6.45, 7) is 8.29. The van der Waals surface area contributed by atoms with E-state index in [-0.39, 0.29) is 24.1 Å². The molecular formula is C21H31FN5O6PS. The maximum Gasteiger partial charge on any atom is 0.475 e. The number of carbonyl (C=O) groups excluding carboxylic acids is 1. The number of carbonyl (C=O) groups is 1. The monoisotopic (exact) mass is 531 g/mol. The van der Waals surface area contributed by atoms with Crippen LogP contribution in [0.5, 0.6) is 0 Å². The number of hydrogen-bond donors (Lipinski definition) is 0. The second kappa shape index (κ2) is 9.35. The minimum Gasteiger partial charge on any atom is -0.361 e. The van der Waals surface area contributed by atoms with Gasteiger partial charge in [-0.15, -0.1) is 0 Å². The lowest BCUT2D eigenvalue weighted by molar-refractivity contribution is -0.117. The Morgan fingerprint density at radius 1 is 1.40 bits per heavy atom. The summed E-state index contributed by atoms with van der Waals surface area (Å²) in [5.74, 6) is 1.36. The summed E-state index contributed by atoms with van der Waals surface area (Å²) in [5.41, 5.74) is -1.69. The molecule has 11 nitrogen and oxygen atoms in total. The maximum atomic E-state index is 16.2. The molecule has 0 bridgehead atoms. The second-order valence-electron chi connectivity index (χ2n) is 9.98. The summed E-state index contributed by atoms with van der Waals surface area (Å²) in [4.78, 5) is 27.1. The van der Waals surface area contributed by atoms with Crippen molar-refractivity contribution in [1.29, 1.82) is 0 Å². The molecule has 0 aliphatic carbocycles. The lowest BCUT2D eigenvalue weighted by atomic mass is 9.98. The average Bonchev–Trinajstić information content (AvgIpc) is 3.27. The van der Waals surface area contributed by atoms with E-state index in [4.69, 9.17) is 18.3 Å². The summed E-state index contributed by atoms with van der Waals surface area (Å²) >= 11 is 1.07. The van der Waals surface area contributed by atoms with Gasteiger partial charge >= 0.3 is 7.82 Å². The van der Waals surface area contributed by atoms with Crippen LogP contribution in [0.1, 0.15) is 39.7 Å². The summed E-state index contributed by atoms with van der Waals surface area (Å²) in [5, 5.41) is -0.0164. The van der Waals surface area contributed by atoms with Gasteiger partial charge in [-0.1, -0.05) is 32.5 Å². The largest absolute Gasteiger partial charge is 0.475 e. The first-order valence-electron chi connectivity index (χ1n) is 11.2. The number of alkyl halides is 1. The van der Waals surface area contributed by atoms with Crippen LogP contribution < -0.4 is 4.90 Å². The van der Waals surface area contributed by atoms with Crippen LogP contribution in [-0.2, 0) is 27.7 Å². The van der Waals surface area contributed by atoms with E-state index >= 15 is 4.39 Å². The molecule has 0 amide bonds. The first-order chi connectivity index (χ1) is 16.2. The van der Waals surface area contributed by atoms with Crippen LogP contribution in [0.25, 0.3) is 11.2 Å². The molecule has 14 heteroatoms. The number of imidazole rings is 1. The van der Waals surface area contributed by atoms with E-state index in [2.05, 4.69) is 15.0 Å². The molecule has 194 valence electrons. The zero-order chi connectivity index (χ0) is 25.8. The molecule has 0 aromatic carbocycles. The molecule has 0 N–H and O–H groups in total. The smallest absolute Gasteiger partial charge is 0.361 e. The van der Waals surface area contributed by atoms with Gasteiger partial charge in [-0.05, 0) is 13.8 Å². The number of nitrogens with zero attached hydrogens (tertiary/aromatic N) is 5. The maximum absolute atomic E-state index is 16.2. The quantitative estimate of drug-likeness (QED) is 0.401. The highest BCUT2D eigenvalue weighted by atomic mass is 32.2. The molecule has 4 heterocycles. The number of anilines is 1. The van der Waals surface area contributed by atoms with Gasteiger partial charge in [0.25, 0.3) is 0 Å². The molecule has 2 saturated heterocycles. The van der Waals surface area contributed by atoms with E-state index in [0.29, 0.717) is 22.8 Å². The Kier molecular flexibility index (Phi) is 7.06. The molecule has 2 aromatic rings. The van der Waals surface area contributed by atoms with Crippen LogP contribution in [0.4, 0.5) is 10.2 Å². The highest BCUT2D eigenvalue weighted by Gasteiger charge is 2.61. The highest BCUT2D eigenvalue weighted by Crippen LogP contribution is 2.59. The van der Waals surface area contributed by atoms with Crippen LogP contribution in [0.2, 0.25) is 0 Å². The average molecular weight is 532 g/mol. The van der Waals surface area contributed by atoms with E-state index in [1.807, 2.05) is 34.9 Å². The van der Waals surface area contributed by atoms with Crippen LogP contribution in [0, 0.1) is 12.3 Å². The predicted octanol–water partition coefficient (Wildman–Crippen LogP) is 3.67. The zero-order valence-electron chi connectivity index (χ0n) is 20.8. The SMILES string of the molecule is Cc1nc(N(C)C)c2ncn([C@@H]3O[C@@H]4COP(=O)(OCCSC(=O)C(C)(C)C)O[C@H]4[C@@]3(C)F)c2n1. The fourth-order valence-electron chi connectivity index (χ4n) is 3.90. The normalized spacial score (nSPS) is 31.0. The third-order valence-corrected chi connectivity index (χ3v) is 8.38. The van der Waals surface area contributed by atoms with Crippen LogP contribution in [-0.4, -0.2) is 75.6 Å². The molecule has 0 radical (unpaired) electrons. The van der Waals surface area contributed by atoms with Gasteiger partial charge in [0, 0.05) is 25.3 Å². The number of thioether (sulfide) groups is 1. The van der Waals surface area contributed by atoms with Crippen molar-refractivity contribution in [2.45, 2.75) is 58.7 Å². The summed E-state index contributed by atoms with van der Waals surface area (Å²) < 4.78 is 53.0. The number of fused-ring (bicyclic) bond motifs is 2. The second-order valence-corrected chi connectivity index (χ2v) is 12.7. The molecule has 2 aromatic heterocycles. The van der Waals surface area contributed by atoms with E-state index in [1.54, 1.807) is 11.8 Å². The molecule has 2 fully saturated rings. The standard InChI is InChI=1S/C21H31FN5O6PS/c1-12-24-16(26(6)7)14-17(25-12)27(11-23-14)18-21(5,22)15-13(32-18)10-31-34(29,33-15)30-8-9-35-19(28)20(2,3)4/h11,13,15,18H,8-10H2,1-7H3/t13-,15-,18-,21-,34?/m1/s1. The number of phosphoric acid groups is 1. The molecule has 4 rings (SSSR count). The van der Waals surface area contributed by atoms with Crippen LogP contribution in [0.3, 0.4) is 0 Å². The molecule has 0 saturated carbocycles. The fourth-order valence-corrected chi connectivity index (χ4v) is 6.27. The lowest BCUT2D eigenvalue weighted by Crippen LogP contribution is -2.44. The molecule has 5 atom stereocenters. The first kappa shape index (κ1) is 26.4. The van der Waals surface area contributed by atoms with Crippen LogP contribution >= 0.6 is 19.6 Å². The zero-order valence-corrected chi connectivity index (χ0v) is 22.6. The van der Waals surface area contributed by atoms with Gasteiger partial charge in [-0.2, -0.15) is 0 Å². The van der Waals surface area contributed by atoms with Gasteiger partial charge in [-0.25, -0.2) is 23.9 Å². The van der Waals surface area contributed by atoms with Gasteiger partial charge < -0.3 is 9.64 Å². The molecular weight excluding hydrogens is 500 g/mol. The van der Waals surface area contributed by atoms with Crippen molar-refractivity contribution in [3.05, 3.63) is 12.2 Å². The summed E-state index contributed by atoms with van der Waals surface area (Å²) in [6, 6.07) is 0. The van der Waals surface area contributed by atoms with Crippen molar-refractivity contribution < 1.29 is 32.1 Å². The minimum absolute atomic E-state index is 0.0164. The molecule has 35 heavy (non-hydrogen) atoms. The summed E-state index contributed by atoms with van der Waals surface area (Å²) in [6.07, 6.45) is -1.72. The van der Waals surface area contributed by atoms with Crippen molar-refractivity contribution in [2.75, 3.05) is 38.0 Å². The Morgan fingerprint density at radius 3 is 2.77 bits per heavy atom. The topological polar surface area (TPSA) is 118 Å². The Morgan fingerprint density at radius 2 is 2.11 bits per heavy atom. The van der Waals surface area contributed by atoms with E-state index in [9.17, 15) is 9.36 Å². The third kappa shape index (κ3) is 5.12. The summed E-state index contributed by atoms with van der Waals surface area (Å²) in [7, 11) is -0.379. The molecule has 0 spiro atoms. The number of aryl methyl sites for hydroxylation is 1. The van der Waals surface area contributed by atoms with Crippen molar-refractivity contribution >= 4 is 41.7 Å². The van der Waals surface area contributed by atoms with Gasteiger partial charge in [-0.3, -0.25) is 22.9 Å². The van der Waals surface area contributed by atoms with Crippen molar-refractivity contribution in [3.63, 3.8) is 0 Å². The van der Waals surface area contributed by atoms with E-state index < -0.39 is 37.3 Å². The fraction of sp³-hybridized carbons (Fsp3) is 0.714. The Bertz CT molecular complexity index is 1170. The van der Waals surface area contributed by atoms with Gasteiger partial charge in [0.1, 0.15) is 18.0 Å². The number of rotatable bonds is 6. The Hall–Kier alpha value is -1.63. The van der Waals surface area contributed by atoms with E-state index in [0.717, 1.165) is 11.8 Å². The van der Waals surface area contributed by atoms with Gasteiger partial charge in [0.05, 0.1) is 19.5 Å². The molecule has 2 aliphatic heterocycles. The Balaban J connectivity index is 1.50. The molecule has 2 aliphatic rings. The Labute approximate surface area is 207 Å². The van der Waals surface area contributed by atoms with Crippen molar-refractivity contribution in [1.82, 2.24) is 19.5 Å². The van der Waals surface area contributed by atoms with Gasteiger partial charge in [0.15, 0.2) is 34.0 Å². The van der Waals surface area contributed by atoms with E-state index in [1.165, 1.54) is 17.8 Å². The van der Waals surface area contributed by atoms with Gasteiger partial charge in [0.2, 0.25) is 0 Å². The predicted molar refractivity (Wildman–Crippen MR) is 129 cm³/mol. The number of hydrogen-bond acceptors (Lipinski definition) is 11. The molecule has 1 unspecified atom stereocenters. The number of aromatic nitrogens is 4. The minimum atomic E-state index is -4.05. The van der Waals surface area contributed by atoms with Crippen molar-refractivity contribution in [2.24, 2.45) is 5.41 Å². The first-order valence-corrected chi connectivity index (χ1v) is 13.7. The third-order valence-electron chi connectivity index (χ3n) is 5.69.